The minimum atomic E-state index is -2.29. The van der Waals surface area contributed by atoms with Crippen molar-refractivity contribution >= 4 is 33.4 Å². The van der Waals surface area contributed by atoms with E-state index in [1.165, 1.54) is 0 Å². The van der Waals surface area contributed by atoms with Crippen LogP contribution < -0.4 is 5.30 Å². The van der Waals surface area contributed by atoms with Gasteiger partial charge in [-0.05, 0) is 0 Å². The van der Waals surface area contributed by atoms with Crippen LogP contribution in [0.1, 0.15) is 0 Å². The van der Waals surface area contributed by atoms with Gasteiger partial charge in [-0.25, -0.2) is 0 Å². The molecular weight excluding hydrogens is 295 g/mol. The van der Waals surface area contributed by atoms with Crippen LogP contribution in [0.25, 0.3) is 0 Å². The molecule has 0 saturated carbocycles. The van der Waals surface area contributed by atoms with Gasteiger partial charge in [-0.2, -0.15) is 0 Å². The molecule has 0 radical (unpaired) electrons. The molecule has 0 amide bonds. The van der Waals surface area contributed by atoms with Gasteiger partial charge in [-0.3, -0.25) is 0 Å². The Bertz CT molecular complexity index is 379. The summed E-state index contributed by atoms with van der Waals surface area (Å²) in [4.78, 5) is 0. The molecule has 2 rings (SSSR count). The first-order chi connectivity index (χ1) is 6.31. The fraction of sp³-hybridized carbons (Fsp3) is 0. The molecule has 0 aliphatic carbocycles. The van der Waals surface area contributed by atoms with Crippen LogP contribution >= 0.6 is 7.14 Å². The first kappa shape index (κ1) is 9.28. The molecule has 0 aromatic heterocycles. The maximum atomic E-state index is 12.3. The van der Waals surface area contributed by atoms with Crippen molar-refractivity contribution in [1.29, 1.82) is 0 Å². The number of rotatable bonds is 1. The van der Waals surface area contributed by atoms with Gasteiger partial charge in [0.1, 0.15) is 0 Å². The van der Waals surface area contributed by atoms with Crippen LogP contribution in [-0.4, -0.2) is 20.9 Å². The molecule has 0 unspecified atom stereocenters. The zero-order valence-electron chi connectivity index (χ0n) is 6.96. The molecule has 1 aromatic rings. The van der Waals surface area contributed by atoms with Crippen molar-refractivity contribution in [2.45, 2.75) is 0 Å². The van der Waals surface area contributed by atoms with Crippen LogP contribution in [-0.2, 0) is 4.57 Å². The maximum absolute atomic E-state index is 12.3. The van der Waals surface area contributed by atoms with Crippen molar-refractivity contribution in [3.63, 3.8) is 0 Å². The van der Waals surface area contributed by atoms with E-state index >= 15 is 0 Å². The van der Waals surface area contributed by atoms with E-state index in [9.17, 15) is 4.57 Å². The minimum absolute atomic E-state index is 0.128. The van der Waals surface area contributed by atoms with Gasteiger partial charge >= 0.3 is 88.1 Å². The van der Waals surface area contributed by atoms with Crippen molar-refractivity contribution in [2.75, 3.05) is 0 Å². The standard InChI is InChI=1S/C10H9OPTe/c11-12(6-8-13-9-7-12)10-4-2-1-3-5-10/h1-9H. The van der Waals surface area contributed by atoms with E-state index in [-0.39, 0.29) is 20.9 Å². The second-order valence-electron chi connectivity index (χ2n) is 2.75. The Morgan fingerprint density at radius 2 is 1.62 bits per heavy atom. The SMILES string of the molecule is O=P1(c2ccccc2)C=C[Te]C=C1. The summed E-state index contributed by atoms with van der Waals surface area (Å²) >= 11 is -0.128. The Kier molecular flexibility index (Phi) is 2.74. The third-order valence-electron chi connectivity index (χ3n) is 1.88. The van der Waals surface area contributed by atoms with E-state index < -0.39 is 7.14 Å². The summed E-state index contributed by atoms with van der Waals surface area (Å²) in [6.07, 6.45) is 0. The van der Waals surface area contributed by atoms with Gasteiger partial charge in [0.2, 0.25) is 0 Å². The average molecular weight is 304 g/mol. The molecule has 0 saturated heterocycles. The summed E-state index contributed by atoms with van der Waals surface area (Å²) < 4.78 is 16.5. The van der Waals surface area contributed by atoms with Crippen LogP contribution in [0.3, 0.4) is 0 Å². The quantitative estimate of drug-likeness (QED) is 0.575. The first-order valence-electron chi connectivity index (χ1n) is 3.97. The number of benzene rings is 1. The molecule has 1 aliphatic heterocycles. The molecule has 1 heterocycles. The average Bonchev–Trinajstić information content (AvgIpc) is 2.20. The van der Waals surface area contributed by atoms with E-state index in [0.717, 1.165) is 5.30 Å². The van der Waals surface area contributed by atoms with Crippen LogP contribution in [0.5, 0.6) is 0 Å². The van der Waals surface area contributed by atoms with Crippen LogP contribution in [0.2, 0.25) is 0 Å². The van der Waals surface area contributed by atoms with Gasteiger partial charge in [0.25, 0.3) is 0 Å². The van der Waals surface area contributed by atoms with Crippen molar-refractivity contribution in [3.8, 4) is 0 Å². The number of hydrogen-bond acceptors (Lipinski definition) is 1. The topological polar surface area (TPSA) is 17.1 Å². The molecule has 1 nitrogen and oxygen atoms in total. The summed E-state index contributed by atoms with van der Waals surface area (Å²) in [7, 11) is -2.29. The first-order valence-corrected chi connectivity index (χ1v) is 8.51. The second kappa shape index (κ2) is 3.84. The monoisotopic (exact) mass is 306 g/mol. The third-order valence-corrected chi connectivity index (χ3v) is 7.10. The molecule has 66 valence electrons. The Labute approximate surface area is 88.0 Å². The van der Waals surface area contributed by atoms with Crippen molar-refractivity contribution < 1.29 is 4.57 Å². The Balaban J connectivity index is 2.46. The summed E-state index contributed by atoms with van der Waals surface area (Å²) in [5.74, 6) is 3.79. The van der Waals surface area contributed by atoms with E-state index in [1.807, 2.05) is 42.0 Å². The summed E-state index contributed by atoms with van der Waals surface area (Å²) in [6.45, 7) is 0. The zero-order chi connectivity index (χ0) is 9.15. The van der Waals surface area contributed by atoms with E-state index in [4.69, 9.17) is 0 Å². The van der Waals surface area contributed by atoms with Gasteiger partial charge in [0, 0.05) is 0 Å². The fourth-order valence-corrected chi connectivity index (χ4v) is 7.32. The Morgan fingerprint density at radius 1 is 1.00 bits per heavy atom. The third kappa shape index (κ3) is 1.97. The molecule has 3 heteroatoms. The van der Waals surface area contributed by atoms with Gasteiger partial charge in [0.15, 0.2) is 0 Å². The second-order valence-corrected chi connectivity index (χ2v) is 7.61. The molecule has 0 N–H and O–H groups in total. The summed E-state index contributed by atoms with van der Waals surface area (Å²) in [5, 5.41) is 0.940. The zero-order valence-corrected chi connectivity index (χ0v) is 10.2. The van der Waals surface area contributed by atoms with E-state index in [0.29, 0.717) is 0 Å². The molecule has 13 heavy (non-hydrogen) atoms. The Morgan fingerprint density at radius 3 is 2.23 bits per heavy atom. The summed E-state index contributed by atoms with van der Waals surface area (Å²) in [6, 6.07) is 9.67. The van der Waals surface area contributed by atoms with Crippen LogP contribution in [0.4, 0.5) is 0 Å². The van der Waals surface area contributed by atoms with Gasteiger partial charge in [-0.15, -0.1) is 0 Å². The summed E-state index contributed by atoms with van der Waals surface area (Å²) in [5.41, 5.74) is 0. The molecule has 0 bridgehead atoms. The predicted octanol–water partition coefficient (Wildman–Crippen LogP) is 2.34. The molecule has 0 spiro atoms. The van der Waals surface area contributed by atoms with Crippen molar-refractivity contribution in [3.05, 3.63) is 50.2 Å². The molecule has 1 aromatic carbocycles. The molecule has 1 aliphatic rings. The molecular formula is C10H9OPTe. The Hall–Kier alpha value is -0.280. The van der Waals surface area contributed by atoms with Gasteiger partial charge < -0.3 is 0 Å². The van der Waals surface area contributed by atoms with Gasteiger partial charge in [0.05, 0.1) is 0 Å². The van der Waals surface area contributed by atoms with Crippen molar-refractivity contribution in [2.24, 2.45) is 0 Å². The fourth-order valence-electron chi connectivity index (χ4n) is 1.18. The van der Waals surface area contributed by atoms with E-state index in [1.54, 1.807) is 0 Å². The van der Waals surface area contributed by atoms with Crippen molar-refractivity contribution in [1.82, 2.24) is 0 Å². The van der Waals surface area contributed by atoms with Gasteiger partial charge in [-0.1, -0.05) is 0 Å². The molecule has 0 atom stereocenters. The predicted molar refractivity (Wildman–Crippen MR) is 57.7 cm³/mol. The van der Waals surface area contributed by atoms with E-state index in [2.05, 4.69) is 8.25 Å². The van der Waals surface area contributed by atoms with Crippen LogP contribution in [0, 0.1) is 0 Å². The molecule has 0 fully saturated rings. The van der Waals surface area contributed by atoms with Crippen LogP contribution in [0.15, 0.2) is 50.2 Å². The normalized spacial score (nSPS) is 18.8. The number of hydrogen-bond donors (Lipinski definition) is 0.